The number of allylic oxidation sites excluding steroid dienone is 1. The Balaban J connectivity index is 3.11. The van der Waals surface area contributed by atoms with Crippen molar-refractivity contribution in [1.29, 1.82) is 0 Å². The maximum Gasteiger partial charge on any atom is 0.155 e. The van der Waals surface area contributed by atoms with Crippen LogP contribution in [0.5, 0.6) is 0 Å². The number of aryl methyl sites for hydroxylation is 1. The lowest BCUT2D eigenvalue weighted by Gasteiger charge is -1.90. The molecule has 0 bridgehead atoms. The molecule has 1 aromatic rings. The molecule has 0 atom stereocenters. The molecule has 0 aliphatic rings. The van der Waals surface area contributed by atoms with E-state index in [-0.39, 0.29) is 0 Å². The second-order valence-electron chi connectivity index (χ2n) is 2.14. The largest absolute Gasteiger partial charge is 0.222 e. The van der Waals surface area contributed by atoms with Crippen molar-refractivity contribution in [2.24, 2.45) is 0 Å². The molecule has 1 heterocycles. The molecule has 1 rings (SSSR count). The first-order valence-corrected chi connectivity index (χ1v) is 3.46. The van der Waals surface area contributed by atoms with Crippen molar-refractivity contribution in [2.75, 3.05) is 0 Å². The number of hydrogen-bond donors (Lipinski definition) is 0. The van der Waals surface area contributed by atoms with Gasteiger partial charge in [-0.15, -0.1) is 0 Å². The number of nitrogens with zero attached hydrogens (tertiary/aromatic N) is 3. The van der Waals surface area contributed by atoms with Crippen molar-refractivity contribution in [2.45, 2.75) is 13.8 Å². The van der Waals surface area contributed by atoms with Gasteiger partial charge in [-0.2, -0.15) is 5.10 Å². The van der Waals surface area contributed by atoms with Crippen molar-refractivity contribution in [3.63, 3.8) is 0 Å². The lowest BCUT2D eigenvalue weighted by atomic mass is 10.5. The minimum atomic E-state index is 0.762. The second-order valence-corrected chi connectivity index (χ2v) is 2.14. The molecular weight excluding hydrogens is 138 g/mol. The molecule has 11 heavy (non-hydrogen) atoms. The molecule has 3 heteroatoms. The SMILES string of the molecule is C=Cn1nc(C)nc1/C=C\C. The Labute approximate surface area is 66.1 Å². The number of rotatable bonds is 2. The highest BCUT2D eigenvalue weighted by molar-refractivity contribution is 5.42. The van der Waals surface area contributed by atoms with Gasteiger partial charge in [0.2, 0.25) is 0 Å². The first kappa shape index (κ1) is 7.72. The summed E-state index contributed by atoms with van der Waals surface area (Å²) in [7, 11) is 0. The summed E-state index contributed by atoms with van der Waals surface area (Å²) in [6.07, 6.45) is 5.44. The molecule has 0 aliphatic carbocycles. The van der Waals surface area contributed by atoms with E-state index in [0.717, 1.165) is 11.6 Å². The Morgan fingerprint density at radius 1 is 1.55 bits per heavy atom. The fraction of sp³-hybridized carbons (Fsp3) is 0.250. The molecule has 0 amide bonds. The molecule has 0 unspecified atom stereocenters. The van der Waals surface area contributed by atoms with Gasteiger partial charge in [0.15, 0.2) is 5.82 Å². The van der Waals surface area contributed by atoms with E-state index in [9.17, 15) is 0 Å². The third-order valence-electron chi connectivity index (χ3n) is 1.25. The third-order valence-corrected chi connectivity index (χ3v) is 1.25. The van der Waals surface area contributed by atoms with Gasteiger partial charge < -0.3 is 0 Å². The van der Waals surface area contributed by atoms with Crippen LogP contribution >= 0.6 is 0 Å². The first-order valence-electron chi connectivity index (χ1n) is 3.46. The summed E-state index contributed by atoms with van der Waals surface area (Å²) in [5.74, 6) is 1.58. The lowest BCUT2D eigenvalue weighted by molar-refractivity contribution is 0.905. The molecule has 0 saturated heterocycles. The molecular formula is C8H11N3. The van der Waals surface area contributed by atoms with Crippen LogP contribution in [-0.2, 0) is 0 Å². The van der Waals surface area contributed by atoms with Gasteiger partial charge in [0.1, 0.15) is 5.82 Å². The topological polar surface area (TPSA) is 30.7 Å². The lowest BCUT2D eigenvalue weighted by Crippen LogP contribution is -1.90. The maximum atomic E-state index is 4.16. The van der Waals surface area contributed by atoms with E-state index in [1.807, 2.05) is 26.0 Å². The zero-order valence-electron chi connectivity index (χ0n) is 6.78. The fourth-order valence-electron chi connectivity index (χ4n) is 0.844. The summed E-state index contributed by atoms with van der Waals surface area (Å²) in [5.41, 5.74) is 0. The van der Waals surface area contributed by atoms with Crippen molar-refractivity contribution < 1.29 is 0 Å². The quantitative estimate of drug-likeness (QED) is 0.641. The molecule has 3 nitrogen and oxygen atoms in total. The highest BCUT2D eigenvalue weighted by Gasteiger charge is 1.98. The van der Waals surface area contributed by atoms with Crippen molar-refractivity contribution in [3.8, 4) is 0 Å². The van der Waals surface area contributed by atoms with Gasteiger partial charge in [-0.25, -0.2) is 9.67 Å². The van der Waals surface area contributed by atoms with Gasteiger partial charge >= 0.3 is 0 Å². The van der Waals surface area contributed by atoms with Crippen LogP contribution in [0.25, 0.3) is 12.3 Å². The van der Waals surface area contributed by atoms with Gasteiger partial charge in [0.05, 0.1) is 0 Å². The Kier molecular flexibility index (Phi) is 2.21. The summed E-state index contributed by atoms with van der Waals surface area (Å²) in [6, 6.07) is 0. The van der Waals surface area contributed by atoms with Crippen LogP contribution < -0.4 is 0 Å². The van der Waals surface area contributed by atoms with Crippen LogP contribution in [0.3, 0.4) is 0 Å². The maximum absolute atomic E-state index is 4.16. The van der Waals surface area contributed by atoms with E-state index in [1.54, 1.807) is 10.9 Å². The minimum absolute atomic E-state index is 0.762. The molecule has 0 spiro atoms. The zero-order valence-corrected chi connectivity index (χ0v) is 6.78. The molecule has 0 radical (unpaired) electrons. The van der Waals surface area contributed by atoms with E-state index >= 15 is 0 Å². The predicted octanol–water partition coefficient (Wildman–Crippen LogP) is 1.72. The van der Waals surface area contributed by atoms with Gasteiger partial charge in [-0.1, -0.05) is 12.7 Å². The Morgan fingerprint density at radius 2 is 2.27 bits per heavy atom. The average molecular weight is 149 g/mol. The van der Waals surface area contributed by atoms with Crippen LogP contribution in [0, 0.1) is 6.92 Å². The van der Waals surface area contributed by atoms with Crippen molar-refractivity contribution >= 4 is 12.3 Å². The van der Waals surface area contributed by atoms with E-state index < -0.39 is 0 Å². The highest BCUT2D eigenvalue weighted by Crippen LogP contribution is 1.99. The normalized spacial score (nSPS) is 10.7. The minimum Gasteiger partial charge on any atom is -0.222 e. The van der Waals surface area contributed by atoms with Crippen LogP contribution in [0.2, 0.25) is 0 Å². The summed E-state index contributed by atoms with van der Waals surface area (Å²) < 4.78 is 1.65. The van der Waals surface area contributed by atoms with Crippen LogP contribution in [0.1, 0.15) is 18.6 Å². The summed E-state index contributed by atoms with van der Waals surface area (Å²) in [6.45, 7) is 7.41. The van der Waals surface area contributed by atoms with Crippen LogP contribution in [0.4, 0.5) is 0 Å². The van der Waals surface area contributed by atoms with Gasteiger partial charge in [-0.05, 0) is 19.9 Å². The van der Waals surface area contributed by atoms with Crippen molar-refractivity contribution in [3.05, 3.63) is 24.3 Å². The zero-order chi connectivity index (χ0) is 8.27. The van der Waals surface area contributed by atoms with E-state index in [2.05, 4.69) is 16.7 Å². The van der Waals surface area contributed by atoms with Gasteiger partial charge in [0, 0.05) is 6.20 Å². The smallest absolute Gasteiger partial charge is 0.155 e. The first-order chi connectivity index (χ1) is 5.27. The molecule has 0 N–H and O–H groups in total. The third kappa shape index (κ3) is 1.55. The Morgan fingerprint density at radius 3 is 2.82 bits per heavy atom. The predicted molar refractivity (Wildman–Crippen MR) is 45.9 cm³/mol. The van der Waals surface area contributed by atoms with Crippen LogP contribution in [0.15, 0.2) is 12.7 Å². The molecule has 0 aromatic carbocycles. The molecule has 0 fully saturated rings. The fourth-order valence-corrected chi connectivity index (χ4v) is 0.844. The summed E-state index contributed by atoms with van der Waals surface area (Å²) in [5, 5.41) is 4.08. The Bertz CT molecular complexity index is 284. The molecule has 0 saturated carbocycles. The monoisotopic (exact) mass is 149 g/mol. The number of aromatic nitrogens is 3. The van der Waals surface area contributed by atoms with E-state index in [1.165, 1.54) is 0 Å². The van der Waals surface area contributed by atoms with E-state index in [0.29, 0.717) is 0 Å². The molecule has 1 aromatic heterocycles. The summed E-state index contributed by atoms with van der Waals surface area (Å²) >= 11 is 0. The highest BCUT2D eigenvalue weighted by atomic mass is 15.3. The molecule has 0 aliphatic heterocycles. The van der Waals surface area contributed by atoms with Gasteiger partial charge in [0.25, 0.3) is 0 Å². The average Bonchev–Trinajstić information content (AvgIpc) is 2.32. The Hall–Kier alpha value is -1.38. The van der Waals surface area contributed by atoms with Crippen molar-refractivity contribution in [1.82, 2.24) is 14.8 Å². The van der Waals surface area contributed by atoms with Crippen LogP contribution in [-0.4, -0.2) is 14.8 Å². The second kappa shape index (κ2) is 3.14. The standard InChI is InChI=1S/C8H11N3/c1-4-6-8-9-7(3)10-11(8)5-2/h4-6H,2H2,1,3H3/b6-4-. The van der Waals surface area contributed by atoms with Gasteiger partial charge in [-0.3, -0.25) is 0 Å². The van der Waals surface area contributed by atoms with E-state index in [4.69, 9.17) is 0 Å². The molecule has 58 valence electrons. The summed E-state index contributed by atoms with van der Waals surface area (Å²) in [4.78, 5) is 4.16. The number of hydrogen-bond acceptors (Lipinski definition) is 2.